The average molecular weight is 281 g/mol. The van der Waals surface area contributed by atoms with Crippen molar-refractivity contribution in [2.45, 2.75) is 25.4 Å². The molecule has 1 heterocycles. The highest BCUT2D eigenvalue weighted by Gasteiger charge is 2.19. The van der Waals surface area contributed by atoms with Gasteiger partial charge in [-0.3, -0.25) is 10.1 Å². The zero-order valence-electron chi connectivity index (χ0n) is 10.8. The van der Waals surface area contributed by atoms with Crippen molar-refractivity contribution in [3.05, 3.63) is 33.9 Å². The lowest BCUT2D eigenvalue weighted by Crippen LogP contribution is -2.26. The summed E-state index contributed by atoms with van der Waals surface area (Å²) in [6.45, 7) is 0.857. The van der Waals surface area contributed by atoms with Gasteiger partial charge in [-0.1, -0.05) is 0 Å². The van der Waals surface area contributed by atoms with E-state index in [4.69, 9.17) is 14.6 Å². The molecule has 20 heavy (non-hydrogen) atoms. The first kappa shape index (κ1) is 14.3. The van der Waals surface area contributed by atoms with E-state index >= 15 is 0 Å². The Hall–Kier alpha value is -2.15. The van der Waals surface area contributed by atoms with E-state index in [0.29, 0.717) is 6.61 Å². The average Bonchev–Trinajstić information content (AvgIpc) is 2.45. The Kier molecular flexibility index (Phi) is 4.52. The maximum atomic E-state index is 11.1. The van der Waals surface area contributed by atoms with Crippen molar-refractivity contribution in [2.75, 3.05) is 13.2 Å². The first-order valence-electron chi connectivity index (χ1n) is 6.34. The summed E-state index contributed by atoms with van der Waals surface area (Å²) < 4.78 is 10.9. The maximum absolute atomic E-state index is 11.1. The molecule has 0 bridgehead atoms. The Morgan fingerprint density at radius 1 is 1.50 bits per heavy atom. The van der Waals surface area contributed by atoms with Gasteiger partial charge in [0, 0.05) is 12.7 Å². The first-order valence-corrected chi connectivity index (χ1v) is 6.34. The standard InChI is InChI=1S/C13H15NO6/c15-13(16)11-5-4-9(14(17)18)7-12(11)20-8-10-3-1-2-6-19-10/h4-5,7,10H,1-3,6,8H2,(H,15,16). The van der Waals surface area contributed by atoms with Crippen LogP contribution in [-0.2, 0) is 4.74 Å². The molecule has 1 fully saturated rings. The number of nitro benzene ring substituents is 1. The van der Waals surface area contributed by atoms with E-state index in [-0.39, 0.29) is 29.7 Å². The van der Waals surface area contributed by atoms with Gasteiger partial charge in [-0.25, -0.2) is 4.79 Å². The monoisotopic (exact) mass is 281 g/mol. The molecule has 0 saturated carbocycles. The summed E-state index contributed by atoms with van der Waals surface area (Å²) in [5, 5.41) is 19.8. The Balaban J connectivity index is 2.12. The number of ether oxygens (including phenoxy) is 2. The normalized spacial score (nSPS) is 18.5. The number of nitrogens with zero attached hydrogens (tertiary/aromatic N) is 1. The molecule has 0 aromatic heterocycles. The second-order valence-electron chi connectivity index (χ2n) is 4.54. The van der Waals surface area contributed by atoms with Gasteiger partial charge in [0.2, 0.25) is 0 Å². The van der Waals surface area contributed by atoms with Gasteiger partial charge in [0.05, 0.1) is 17.1 Å². The number of rotatable bonds is 5. The smallest absolute Gasteiger partial charge is 0.339 e. The van der Waals surface area contributed by atoms with Crippen molar-refractivity contribution < 1.29 is 24.3 Å². The summed E-state index contributed by atoms with van der Waals surface area (Å²) in [6.07, 6.45) is 2.80. The fourth-order valence-corrected chi connectivity index (χ4v) is 2.04. The highest BCUT2D eigenvalue weighted by molar-refractivity contribution is 5.91. The van der Waals surface area contributed by atoms with Crippen molar-refractivity contribution in [3.63, 3.8) is 0 Å². The van der Waals surface area contributed by atoms with E-state index in [1.165, 1.54) is 6.07 Å². The summed E-state index contributed by atoms with van der Waals surface area (Å²) >= 11 is 0. The molecule has 0 radical (unpaired) electrons. The number of aromatic carboxylic acids is 1. The maximum Gasteiger partial charge on any atom is 0.339 e. The lowest BCUT2D eigenvalue weighted by molar-refractivity contribution is -0.384. The van der Waals surface area contributed by atoms with Gasteiger partial charge in [-0.05, 0) is 25.3 Å². The Labute approximate surface area is 115 Å². The van der Waals surface area contributed by atoms with Gasteiger partial charge in [0.15, 0.2) is 0 Å². The van der Waals surface area contributed by atoms with Gasteiger partial charge in [-0.15, -0.1) is 0 Å². The first-order chi connectivity index (χ1) is 9.58. The number of hydrogen-bond donors (Lipinski definition) is 1. The van der Waals surface area contributed by atoms with Crippen LogP contribution in [0, 0.1) is 10.1 Å². The zero-order valence-corrected chi connectivity index (χ0v) is 10.8. The van der Waals surface area contributed by atoms with Crippen LogP contribution in [0.4, 0.5) is 5.69 Å². The molecular formula is C13H15NO6. The van der Waals surface area contributed by atoms with Crippen LogP contribution in [0.1, 0.15) is 29.6 Å². The molecule has 1 saturated heterocycles. The molecule has 1 aromatic rings. The summed E-state index contributed by atoms with van der Waals surface area (Å²) in [5.74, 6) is -1.18. The molecule has 0 amide bonds. The molecule has 7 nitrogen and oxygen atoms in total. The van der Waals surface area contributed by atoms with Crippen molar-refractivity contribution >= 4 is 11.7 Å². The lowest BCUT2D eigenvalue weighted by atomic mass is 10.1. The van der Waals surface area contributed by atoms with Crippen LogP contribution in [-0.4, -0.2) is 35.3 Å². The molecule has 2 rings (SSSR count). The molecule has 1 unspecified atom stereocenters. The number of non-ortho nitro benzene ring substituents is 1. The minimum Gasteiger partial charge on any atom is -0.490 e. The fourth-order valence-electron chi connectivity index (χ4n) is 2.04. The van der Waals surface area contributed by atoms with Crippen LogP contribution >= 0.6 is 0 Å². The van der Waals surface area contributed by atoms with Crippen LogP contribution in [0.3, 0.4) is 0 Å². The van der Waals surface area contributed by atoms with E-state index < -0.39 is 10.9 Å². The predicted molar refractivity (Wildman–Crippen MR) is 69.1 cm³/mol. The van der Waals surface area contributed by atoms with Gasteiger partial charge in [-0.2, -0.15) is 0 Å². The molecule has 1 aliphatic rings. The zero-order chi connectivity index (χ0) is 14.5. The number of nitro groups is 1. The third kappa shape index (κ3) is 3.45. The number of benzene rings is 1. The highest BCUT2D eigenvalue weighted by atomic mass is 16.6. The topological polar surface area (TPSA) is 98.9 Å². The second-order valence-corrected chi connectivity index (χ2v) is 4.54. The molecular weight excluding hydrogens is 266 g/mol. The van der Waals surface area contributed by atoms with Crippen LogP contribution in [0.2, 0.25) is 0 Å². The molecule has 1 N–H and O–H groups in total. The molecule has 7 heteroatoms. The van der Waals surface area contributed by atoms with Gasteiger partial charge in [0.1, 0.15) is 17.9 Å². The summed E-state index contributed by atoms with van der Waals surface area (Å²) in [4.78, 5) is 21.2. The van der Waals surface area contributed by atoms with Crippen molar-refractivity contribution in [2.24, 2.45) is 0 Å². The lowest BCUT2D eigenvalue weighted by Gasteiger charge is -2.22. The van der Waals surface area contributed by atoms with E-state index in [2.05, 4.69) is 0 Å². The van der Waals surface area contributed by atoms with E-state index in [0.717, 1.165) is 31.4 Å². The van der Waals surface area contributed by atoms with Gasteiger partial charge < -0.3 is 14.6 Å². The van der Waals surface area contributed by atoms with Crippen LogP contribution in [0.25, 0.3) is 0 Å². The third-order valence-corrected chi connectivity index (χ3v) is 3.11. The second kappa shape index (κ2) is 6.33. The molecule has 1 atom stereocenters. The number of carboxylic acid groups (broad SMARTS) is 1. The number of hydrogen-bond acceptors (Lipinski definition) is 5. The van der Waals surface area contributed by atoms with E-state index in [1.54, 1.807) is 0 Å². The van der Waals surface area contributed by atoms with Gasteiger partial charge in [0.25, 0.3) is 5.69 Å². The molecule has 0 aliphatic carbocycles. The Bertz CT molecular complexity index is 510. The van der Waals surface area contributed by atoms with Crippen molar-refractivity contribution in [1.29, 1.82) is 0 Å². The van der Waals surface area contributed by atoms with Gasteiger partial charge >= 0.3 is 5.97 Å². The van der Waals surface area contributed by atoms with Crippen molar-refractivity contribution in [1.82, 2.24) is 0 Å². The number of carbonyl (C=O) groups is 1. The molecule has 1 aromatic carbocycles. The van der Waals surface area contributed by atoms with Crippen LogP contribution in [0.5, 0.6) is 5.75 Å². The van der Waals surface area contributed by atoms with Crippen molar-refractivity contribution in [3.8, 4) is 5.75 Å². The Morgan fingerprint density at radius 3 is 2.90 bits per heavy atom. The van der Waals surface area contributed by atoms with E-state index in [9.17, 15) is 14.9 Å². The predicted octanol–water partition coefficient (Wildman–Crippen LogP) is 2.24. The SMILES string of the molecule is O=C(O)c1ccc([N+](=O)[O-])cc1OCC1CCCCO1. The number of carboxylic acids is 1. The molecule has 1 aliphatic heterocycles. The largest absolute Gasteiger partial charge is 0.490 e. The summed E-state index contributed by atoms with van der Waals surface area (Å²) in [7, 11) is 0. The minimum absolute atomic E-state index is 0.000809. The fraction of sp³-hybridized carbons (Fsp3) is 0.462. The highest BCUT2D eigenvalue weighted by Crippen LogP contribution is 2.26. The summed E-state index contributed by atoms with van der Waals surface area (Å²) in [6, 6.07) is 3.46. The molecule has 108 valence electrons. The Morgan fingerprint density at radius 2 is 2.30 bits per heavy atom. The minimum atomic E-state index is -1.18. The quantitative estimate of drug-likeness (QED) is 0.656. The molecule has 0 spiro atoms. The van der Waals surface area contributed by atoms with Crippen LogP contribution in [0.15, 0.2) is 18.2 Å². The van der Waals surface area contributed by atoms with Crippen LogP contribution < -0.4 is 4.74 Å². The summed E-state index contributed by atoms with van der Waals surface area (Å²) in [5.41, 5.74) is -0.291. The third-order valence-electron chi connectivity index (χ3n) is 3.11. The van der Waals surface area contributed by atoms with E-state index in [1.807, 2.05) is 0 Å².